The molecule has 1 unspecified atom stereocenters. The van der Waals surface area contributed by atoms with Crippen molar-refractivity contribution in [3.63, 3.8) is 0 Å². The Bertz CT molecular complexity index is 961. The van der Waals surface area contributed by atoms with Crippen molar-refractivity contribution in [2.24, 2.45) is 0 Å². The monoisotopic (exact) mass is 410 g/mol. The lowest BCUT2D eigenvalue weighted by Crippen LogP contribution is -2.40. The van der Waals surface area contributed by atoms with Crippen LogP contribution in [0.3, 0.4) is 0 Å². The molecule has 0 bridgehead atoms. The lowest BCUT2D eigenvalue weighted by molar-refractivity contribution is -0.146. The fourth-order valence-corrected chi connectivity index (χ4v) is 3.45. The molecule has 7 nitrogen and oxygen atoms in total. The first kappa shape index (κ1) is 20.6. The lowest BCUT2D eigenvalue weighted by Gasteiger charge is -2.13. The molecule has 0 aliphatic rings. The van der Waals surface area contributed by atoms with Gasteiger partial charge in [0.25, 0.3) is 0 Å². The number of carbonyl (C=O) groups excluding carboxylic acids is 2. The molecule has 150 valence electrons. The van der Waals surface area contributed by atoms with Crippen molar-refractivity contribution >= 4 is 23.6 Å². The molecule has 3 aromatic rings. The van der Waals surface area contributed by atoms with Gasteiger partial charge in [-0.2, -0.15) is 0 Å². The molecular weight excluding hydrogens is 388 g/mol. The Hall–Kier alpha value is -3.13. The quantitative estimate of drug-likeness (QED) is 0.454. The summed E-state index contributed by atoms with van der Waals surface area (Å²) in [5, 5.41) is 11.9. The Morgan fingerprint density at radius 2 is 1.72 bits per heavy atom. The van der Waals surface area contributed by atoms with Crippen molar-refractivity contribution < 1.29 is 14.3 Å². The molecule has 0 aliphatic carbocycles. The zero-order valence-corrected chi connectivity index (χ0v) is 17.1. The second-order valence-electron chi connectivity index (χ2n) is 6.17. The Labute approximate surface area is 173 Å². The summed E-state index contributed by atoms with van der Waals surface area (Å²) in [7, 11) is 0. The summed E-state index contributed by atoms with van der Waals surface area (Å²) in [5.41, 5.74) is 1.83. The van der Waals surface area contributed by atoms with Gasteiger partial charge in [0.15, 0.2) is 11.0 Å². The maximum Gasteiger partial charge on any atom is 0.328 e. The van der Waals surface area contributed by atoms with Crippen molar-refractivity contribution in [3.8, 4) is 17.1 Å². The van der Waals surface area contributed by atoms with Crippen LogP contribution >= 0.6 is 11.8 Å². The first-order valence-corrected chi connectivity index (χ1v) is 10.2. The Morgan fingerprint density at radius 1 is 1.07 bits per heavy atom. The summed E-state index contributed by atoms with van der Waals surface area (Å²) in [6.45, 7) is 3.60. The second kappa shape index (κ2) is 9.88. The van der Waals surface area contributed by atoms with Crippen LogP contribution in [0.15, 0.2) is 65.8 Å². The van der Waals surface area contributed by atoms with E-state index in [4.69, 9.17) is 4.74 Å². The number of amides is 1. The largest absolute Gasteiger partial charge is 0.464 e. The number of hydrogen-bond acceptors (Lipinski definition) is 6. The summed E-state index contributed by atoms with van der Waals surface area (Å²) < 4.78 is 6.83. The molecule has 1 aromatic heterocycles. The van der Waals surface area contributed by atoms with Gasteiger partial charge in [-0.25, -0.2) is 4.79 Å². The van der Waals surface area contributed by atoms with Gasteiger partial charge in [-0.05, 0) is 26.0 Å². The zero-order chi connectivity index (χ0) is 20.6. The van der Waals surface area contributed by atoms with Crippen molar-refractivity contribution in [1.29, 1.82) is 0 Å². The van der Waals surface area contributed by atoms with E-state index < -0.39 is 12.0 Å². The highest BCUT2D eigenvalue weighted by Gasteiger charge is 2.19. The minimum absolute atomic E-state index is 0.101. The molecule has 0 spiro atoms. The SMILES string of the molecule is CCOC(=O)C(C)NC(=O)CSc1nnc(-c2ccccc2)n1-c1ccccc1. The summed E-state index contributed by atoms with van der Waals surface area (Å²) in [4.78, 5) is 23.9. The van der Waals surface area contributed by atoms with E-state index >= 15 is 0 Å². The van der Waals surface area contributed by atoms with Crippen LogP contribution in [0.25, 0.3) is 17.1 Å². The van der Waals surface area contributed by atoms with Crippen molar-refractivity contribution in [3.05, 3.63) is 60.7 Å². The third kappa shape index (κ3) is 5.23. The minimum atomic E-state index is -0.699. The van der Waals surface area contributed by atoms with E-state index in [9.17, 15) is 9.59 Å². The number of esters is 1. The van der Waals surface area contributed by atoms with Gasteiger partial charge in [-0.1, -0.05) is 60.3 Å². The molecule has 1 heterocycles. The number of rotatable bonds is 8. The van der Waals surface area contributed by atoms with Gasteiger partial charge < -0.3 is 10.1 Å². The first-order chi connectivity index (χ1) is 14.1. The molecule has 2 aromatic carbocycles. The highest BCUT2D eigenvalue weighted by Crippen LogP contribution is 2.27. The Balaban J connectivity index is 1.79. The molecule has 29 heavy (non-hydrogen) atoms. The lowest BCUT2D eigenvalue weighted by atomic mass is 10.2. The Kier molecular flexibility index (Phi) is 7.02. The summed E-state index contributed by atoms with van der Waals surface area (Å²) in [5.74, 6) is 0.0624. The minimum Gasteiger partial charge on any atom is -0.464 e. The normalized spacial score (nSPS) is 11.7. The van der Waals surface area contributed by atoms with Gasteiger partial charge in [0, 0.05) is 11.3 Å². The van der Waals surface area contributed by atoms with Gasteiger partial charge >= 0.3 is 5.97 Å². The van der Waals surface area contributed by atoms with Crippen LogP contribution in [-0.4, -0.2) is 45.0 Å². The fourth-order valence-electron chi connectivity index (χ4n) is 2.69. The molecule has 0 saturated carbocycles. The van der Waals surface area contributed by atoms with Crippen molar-refractivity contribution in [1.82, 2.24) is 20.1 Å². The second-order valence-corrected chi connectivity index (χ2v) is 7.12. The van der Waals surface area contributed by atoms with E-state index in [0.717, 1.165) is 11.3 Å². The van der Waals surface area contributed by atoms with Crippen LogP contribution in [0.1, 0.15) is 13.8 Å². The Morgan fingerprint density at radius 3 is 2.38 bits per heavy atom. The first-order valence-electron chi connectivity index (χ1n) is 9.25. The van der Waals surface area contributed by atoms with Crippen molar-refractivity contribution in [2.45, 2.75) is 25.0 Å². The van der Waals surface area contributed by atoms with Crippen LogP contribution in [0.4, 0.5) is 0 Å². The summed E-state index contributed by atoms with van der Waals surface area (Å²) in [6, 6.07) is 18.8. The molecule has 0 aliphatic heterocycles. The number of benzene rings is 2. The predicted octanol–water partition coefficient (Wildman–Crippen LogP) is 3.09. The molecule has 1 N–H and O–H groups in total. The van der Waals surface area contributed by atoms with Crippen LogP contribution in [0.2, 0.25) is 0 Å². The zero-order valence-electron chi connectivity index (χ0n) is 16.2. The van der Waals surface area contributed by atoms with Crippen LogP contribution in [0, 0.1) is 0 Å². The number of carbonyl (C=O) groups is 2. The molecule has 1 atom stereocenters. The number of thioether (sulfide) groups is 1. The third-order valence-electron chi connectivity index (χ3n) is 4.03. The standard InChI is InChI=1S/C21H22N4O3S/c1-3-28-20(27)15(2)22-18(26)14-29-21-24-23-19(16-10-6-4-7-11-16)25(21)17-12-8-5-9-13-17/h4-13,15H,3,14H2,1-2H3,(H,22,26). The molecule has 1 amide bonds. The van der Waals surface area contributed by atoms with E-state index in [0.29, 0.717) is 11.0 Å². The van der Waals surface area contributed by atoms with Crippen LogP contribution < -0.4 is 5.32 Å². The molecule has 0 radical (unpaired) electrons. The van der Waals surface area contributed by atoms with Gasteiger partial charge in [-0.15, -0.1) is 10.2 Å². The topological polar surface area (TPSA) is 86.1 Å². The van der Waals surface area contributed by atoms with Gasteiger partial charge in [0.05, 0.1) is 12.4 Å². The fraction of sp³-hybridized carbons (Fsp3) is 0.238. The predicted molar refractivity (Wildman–Crippen MR) is 112 cm³/mol. The summed E-state index contributed by atoms with van der Waals surface area (Å²) >= 11 is 1.26. The number of nitrogens with zero attached hydrogens (tertiary/aromatic N) is 3. The van der Waals surface area contributed by atoms with Gasteiger partial charge in [0.2, 0.25) is 5.91 Å². The molecular formula is C21H22N4O3S. The van der Waals surface area contributed by atoms with E-state index in [1.165, 1.54) is 11.8 Å². The number of aromatic nitrogens is 3. The van der Waals surface area contributed by atoms with E-state index in [-0.39, 0.29) is 18.3 Å². The smallest absolute Gasteiger partial charge is 0.328 e. The molecule has 0 saturated heterocycles. The van der Waals surface area contributed by atoms with Crippen LogP contribution in [-0.2, 0) is 14.3 Å². The molecule has 0 fully saturated rings. The highest BCUT2D eigenvalue weighted by molar-refractivity contribution is 7.99. The molecule has 8 heteroatoms. The molecule has 3 rings (SSSR count). The number of hydrogen-bond donors (Lipinski definition) is 1. The van der Waals surface area contributed by atoms with Gasteiger partial charge in [-0.3, -0.25) is 9.36 Å². The maximum absolute atomic E-state index is 12.3. The number of nitrogens with one attached hydrogen (secondary N) is 1. The average molecular weight is 410 g/mol. The third-order valence-corrected chi connectivity index (χ3v) is 4.96. The van der Waals surface area contributed by atoms with E-state index in [1.807, 2.05) is 65.2 Å². The van der Waals surface area contributed by atoms with E-state index in [2.05, 4.69) is 15.5 Å². The number of para-hydroxylation sites is 1. The van der Waals surface area contributed by atoms with Gasteiger partial charge in [0.1, 0.15) is 6.04 Å². The highest BCUT2D eigenvalue weighted by atomic mass is 32.2. The average Bonchev–Trinajstić information content (AvgIpc) is 3.17. The van der Waals surface area contributed by atoms with E-state index in [1.54, 1.807) is 13.8 Å². The van der Waals surface area contributed by atoms with Crippen LogP contribution in [0.5, 0.6) is 0 Å². The number of ether oxygens (including phenoxy) is 1. The maximum atomic E-state index is 12.3. The summed E-state index contributed by atoms with van der Waals surface area (Å²) in [6.07, 6.45) is 0. The van der Waals surface area contributed by atoms with Crippen molar-refractivity contribution in [2.75, 3.05) is 12.4 Å².